The molecule has 6 heteroatoms. The van der Waals surface area contributed by atoms with Crippen LogP contribution in [-0.4, -0.2) is 35.4 Å². The first-order chi connectivity index (χ1) is 21.6. The largest absolute Gasteiger partial charge is 0.490 e. The second kappa shape index (κ2) is 11.7. The summed E-state index contributed by atoms with van der Waals surface area (Å²) < 4.78 is 12.1. The fourth-order valence-corrected chi connectivity index (χ4v) is 8.74. The Labute approximate surface area is 259 Å². The third kappa shape index (κ3) is 5.21. The summed E-state index contributed by atoms with van der Waals surface area (Å²) in [4.78, 5) is 13.5. The van der Waals surface area contributed by atoms with Crippen LogP contribution in [0.4, 0.5) is 0 Å². The lowest BCUT2D eigenvalue weighted by Crippen LogP contribution is -2.43. The van der Waals surface area contributed by atoms with E-state index < -0.39 is 0 Å². The molecule has 2 bridgehead atoms. The zero-order valence-electron chi connectivity index (χ0n) is 25.6. The van der Waals surface area contributed by atoms with Gasteiger partial charge in [0.2, 0.25) is 0 Å². The minimum absolute atomic E-state index is 0.0375. The normalized spacial score (nSPS) is 26.5. The van der Waals surface area contributed by atoms with Gasteiger partial charge in [-0.3, -0.25) is 9.89 Å². The molecule has 4 fully saturated rings. The first kappa shape index (κ1) is 27.9. The van der Waals surface area contributed by atoms with Crippen LogP contribution in [0.5, 0.6) is 5.75 Å². The van der Waals surface area contributed by atoms with Gasteiger partial charge in [-0.25, -0.2) is 0 Å². The minimum atomic E-state index is -0.0392. The van der Waals surface area contributed by atoms with Gasteiger partial charge in [0.1, 0.15) is 5.75 Å². The first-order valence-electron chi connectivity index (χ1n) is 16.8. The van der Waals surface area contributed by atoms with Crippen LogP contribution in [0, 0.1) is 35.5 Å². The zero-order valence-corrected chi connectivity index (χ0v) is 25.6. The lowest BCUT2D eigenvalue weighted by atomic mass is 9.67. The van der Waals surface area contributed by atoms with E-state index in [1.54, 1.807) is 0 Å². The Balaban J connectivity index is 0.954. The maximum Gasteiger partial charge on any atom is 0.251 e. The van der Waals surface area contributed by atoms with Crippen LogP contribution in [0.15, 0.2) is 72.8 Å². The van der Waals surface area contributed by atoms with E-state index >= 15 is 0 Å². The van der Waals surface area contributed by atoms with Crippen molar-refractivity contribution in [1.82, 2.24) is 15.5 Å². The molecule has 6 nitrogen and oxygen atoms in total. The van der Waals surface area contributed by atoms with Crippen molar-refractivity contribution in [2.24, 2.45) is 35.5 Å². The molecule has 44 heavy (non-hydrogen) atoms. The molecule has 2 heterocycles. The highest BCUT2D eigenvalue weighted by Crippen LogP contribution is 2.53. The molecule has 4 atom stereocenters. The highest BCUT2D eigenvalue weighted by molar-refractivity contribution is 6.01. The van der Waals surface area contributed by atoms with Crippen LogP contribution in [-0.2, 0) is 4.74 Å². The van der Waals surface area contributed by atoms with Gasteiger partial charge in [0.25, 0.3) is 5.91 Å². The van der Waals surface area contributed by atoms with E-state index in [9.17, 15) is 4.79 Å². The van der Waals surface area contributed by atoms with Gasteiger partial charge in [0, 0.05) is 22.4 Å². The topological polar surface area (TPSA) is 76.2 Å². The number of ether oxygens (including phenoxy) is 2. The molecular weight excluding hydrogens is 546 g/mol. The second-order valence-corrected chi connectivity index (χ2v) is 14.0. The van der Waals surface area contributed by atoms with E-state index in [0.29, 0.717) is 17.6 Å². The smallest absolute Gasteiger partial charge is 0.251 e. The van der Waals surface area contributed by atoms with Crippen molar-refractivity contribution >= 4 is 16.8 Å². The van der Waals surface area contributed by atoms with Gasteiger partial charge in [-0.05, 0) is 116 Å². The molecule has 228 valence electrons. The standard InChI is InChI=1S/C38H43N3O3/c1-23(30-21-43-22-30)35-27-10-11-28(35)19-32(18-27)44-31-15-12-26(13-16-31)37-33-20-29(14-17-34(33)40-41-37)38(42)39-36(25-8-5-9-25)24-6-3-2-4-7-24/h2-4,6-7,12-17,20,23,25,27-28,30,32,35-36H,5,8-11,18-19,21-22H2,1H3,(H,39,42)(H,40,41). The molecule has 0 radical (unpaired) electrons. The van der Waals surface area contributed by atoms with E-state index in [2.05, 4.69) is 71.0 Å². The van der Waals surface area contributed by atoms with Gasteiger partial charge in [0.15, 0.2) is 0 Å². The minimum Gasteiger partial charge on any atom is -0.490 e. The number of benzene rings is 3. The summed E-state index contributed by atoms with van der Waals surface area (Å²) in [7, 11) is 0. The number of nitrogens with zero attached hydrogens (tertiary/aromatic N) is 1. The van der Waals surface area contributed by atoms with E-state index in [1.165, 1.54) is 37.7 Å². The van der Waals surface area contributed by atoms with E-state index in [-0.39, 0.29) is 11.9 Å². The Bertz CT molecular complexity index is 1590. The zero-order chi connectivity index (χ0) is 29.6. The number of hydrogen-bond donors (Lipinski definition) is 2. The van der Waals surface area contributed by atoms with Gasteiger partial charge >= 0.3 is 0 Å². The molecule has 3 saturated carbocycles. The first-order valence-corrected chi connectivity index (χ1v) is 16.8. The average molecular weight is 590 g/mol. The Hall–Kier alpha value is -3.64. The molecular formula is C38H43N3O3. The van der Waals surface area contributed by atoms with Crippen LogP contribution in [0.2, 0.25) is 0 Å². The SMILES string of the molecule is CC(C1COC1)C1C2CCC1CC(Oc1ccc(-c3n[nH]c4ccc(C(=O)NC(c5ccccc5)C5CCC5)cc34)cc1)C2. The van der Waals surface area contributed by atoms with Crippen molar-refractivity contribution in [3.63, 3.8) is 0 Å². The molecule has 4 unspecified atom stereocenters. The van der Waals surface area contributed by atoms with E-state index in [1.807, 2.05) is 24.3 Å². The van der Waals surface area contributed by atoms with Crippen LogP contribution < -0.4 is 10.1 Å². The van der Waals surface area contributed by atoms with Crippen LogP contribution in [0.1, 0.15) is 73.8 Å². The molecule has 2 N–H and O–H groups in total. The number of fused-ring (bicyclic) bond motifs is 3. The maximum absolute atomic E-state index is 13.5. The molecule has 0 spiro atoms. The highest BCUT2D eigenvalue weighted by Gasteiger charge is 2.48. The van der Waals surface area contributed by atoms with Crippen molar-refractivity contribution in [3.05, 3.63) is 83.9 Å². The Morgan fingerprint density at radius 2 is 1.68 bits per heavy atom. The third-order valence-electron chi connectivity index (χ3n) is 11.5. The van der Waals surface area contributed by atoms with Crippen molar-refractivity contribution in [3.8, 4) is 17.0 Å². The number of hydrogen-bond acceptors (Lipinski definition) is 4. The fourth-order valence-electron chi connectivity index (χ4n) is 8.74. The predicted octanol–water partition coefficient (Wildman–Crippen LogP) is 7.97. The maximum atomic E-state index is 13.5. The Morgan fingerprint density at radius 1 is 0.932 bits per heavy atom. The number of aromatic amines is 1. The summed E-state index contributed by atoms with van der Waals surface area (Å²) in [6.45, 7) is 4.38. The molecule has 3 aliphatic carbocycles. The van der Waals surface area contributed by atoms with Gasteiger partial charge in [-0.15, -0.1) is 0 Å². The summed E-state index contributed by atoms with van der Waals surface area (Å²) in [5, 5.41) is 12.1. The number of carbonyl (C=O) groups is 1. The number of rotatable bonds is 9. The van der Waals surface area contributed by atoms with Crippen molar-refractivity contribution in [1.29, 1.82) is 0 Å². The molecule has 1 aliphatic heterocycles. The monoisotopic (exact) mass is 589 g/mol. The molecule has 8 rings (SSSR count). The number of amides is 1. The number of nitrogens with one attached hydrogen (secondary N) is 2. The van der Waals surface area contributed by atoms with Crippen molar-refractivity contribution < 1.29 is 14.3 Å². The van der Waals surface area contributed by atoms with E-state index in [0.717, 1.165) is 83.6 Å². The second-order valence-electron chi connectivity index (χ2n) is 14.0. The number of carbonyl (C=O) groups excluding carboxylic acids is 1. The quantitative estimate of drug-likeness (QED) is 0.208. The summed E-state index contributed by atoms with van der Waals surface area (Å²) in [6, 6.07) is 24.6. The molecule has 3 aromatic carbocycles. The highest BCUT2D eigenvalue weighted by atomic mass is 16.5. The Morgan fingerprint density at radius 3 is 2.34 bits per heavy atom. The number of aromatic nitrogens is 2. The molecule has 4 aliphatic rings. The predicted molar refractivity (Wildman–Crippen MR) is 172 cm³/mol. The number of H-pyrrole nitrogens is 1. The molecule has 4 aromatic rings. The molecule has 1 aromatic heterocycles. The summed E-state index contributed by atoms with van der Waals surface area (Å²) >= 11 is 0. The summed E-state index contributed by atoms with van der Waals surface area (Å²) in [6.07, 6.45) is 8.88. The van der Waals surface area contributed by atoms with Crippen molar-refractivity contribution in [2.75, 3.05) is 13.2 Å². The fraction of sp³-hybridized carbons (Fsp3) is 0.474. The van der Waals surface area contributed by atoms with Crippen molar-refractivity contribution in [2.45, 2.75) is 64.0 Å². The Kier molecular flexibility index (Phi) is 7.41. The van der Waals surface area contributed by atoms with Crippen LogP contribution in [0.25, 0.3) is 22.2 Å². The lowest BCUT2D eigenvalue weighted by Gasteiger charge is -2.43. The average Bonchev–Trinajstić information content (AvgIpc) is 3.53. The summed E-state index contributed by atoms with van der Waals surface area (Å²) in [5.41, 5.74) is 4.62. The van der Waals surface area contributed by atoms with Gasteiger partial charge in [0.05, 0.1) is 36.6 Å². The van der Waals surface area contributed by atoms with Crippen LogP contribution in [0.3, 0.4) is 0 Å². The molecule has 1 amide bonds. The van der Waals surface area contributed by atoms with Gasteiger partial charge in [-0.2, -0.15) is 5.10 Å². The van der Waals surface area contributed by atoms with E-state index in [4.69, 9.17) is 9.47 Å². The summed E-state index contributed by atoms with van der Waals surface area (Å²) in [5.74, 6) is 5.32. The van der Waals surface area contributed by atoms with Crippen LogP contribution >= 0.6 is 0 Å². The van der Waals surface area contributed by atoms with Gasteiger partial charge in [-0.1, -0.05) is 43.7 Å². The van der Waals surface area contributed by atoms with Gasteiger partial charge < -0.3 is 14.8 Å². The third-order valence-corrected chi connectivity index (χ3v) is 11.5. The molecule has 1 saturated heterocycles. The lowest BCUT2D eigenvalue weighted by molar-refractivity contribution is -0.0853.